The van der Waals surface area contributed by atoms with Gasteiger partial charge in [-0.3, -0.25) is 9.59 Å². The molecule has 25 heavy (non-hydrogen) atoms. The minimum absolute atomic E-state index is 0. The normalized spacial score (nSPS) is 17.2. The average molecular weight is 374 g/mol. The first-order valence-electron chi connectivity index (χ1n) is 8.21. The Labute approximate surface area is 153 Å². The summed E-state index contributed by atoms with van der Waals surface area (Å²) in [6.07, 6.45) is 0.0421. The topological polar surface area (TPSA) is 72.9 Å². The highest BCUT2D eigenvalue weighted by atomic mass is 35.5. The second kappa shape index (κ2) is 10.3. The number of benzene rings is 1. The second-order valence-electron chi connectivity index (χ2n) is 5.76. The number of nitrogens with one attached hydrogen (secondary N) is 1. The molecule has 1 saturated heterocycles. The summed E-state index contributed by atoms with van der Waals surface area (Å²) in [6, 6.07) is 5.77. The van der Waals surface area contributed by atoms with Crippen LogP contribution in [0.5, 0.6) is 0 Å². The predicted octanol–water partition coefficient (Wildman–Crippen LogP) is 0.779. The van der Waals surface area contributed by atoms with E-state index in [4.69, 9.17) is 5.11 Å². The Morgan fingerprint density at radius 1 is 1.44 bits per heavy atom. The van der Waals surface area contributed by atoms with Gasteiger partial charge in [0.05, 0.1) is 19.1 Å². The van der Waals surface area contributed by atoms with Crippen LogP contribution in [-0.2, 0) is 16.1 Å². The van der Waals surface area contributed by atoms with Crippen LogP contribution in [0.3, 0.4) is 0 Å². The van der Waals surface area contributed by atoms with Gasteiger partial charge >= 0.3 is 0 Å². The van der Waals surface area contributed by atoms with Gasteiger partial charge in [-0.15, -0.1) is 12.4 Å². The second-order valence-corrected chi connectivity index (χ2v) is 5.76. The van der Waals surface area contributed by atoms with Gasteiger partial charge in [-0.25, -0.2) is 4.39 Å². The summed E-state index contributed by atoms with van der Waals surface area (Å²) < 4.78 is 13.8. The van der Waals surface area contributed by atoms with E-state index in [1.807, 2.05) is 6.92 Å². The van der Waals surface area contributed by atoms with Gasteiger partial charge in [-0.1, -0.05) is 18.2 Å². The predicted molar refractivity (Wildman–Crippen MR) is 94.8 cm³/mol. The van der Waals surface area contributed by atoms with Gasteiger partial charge in [0.1, 0.15) is 5.82 Å². The fourth-order valence-electron chi connectivity index (χ4n) is 2.82. The molecule has 2 rings (SSSR count). The van der Waals surface area contributed by atoms with Gasteiger partial charge in [-0.2, -0.15) is 0 Å². The molecule has 1 unspecified atom stereocenters. The van der Waals surface area contributed by atoms with Crippen LogP contribution in [0.1, 0.15) is 18.9 Å². The first-order valence-corrected chi connectivity index (χ1v) is 8.21. The van der Waals surface area contributed by atoms with Gasteiger partial charge in [0.15, 0.2) is 0 Å². The molecule has 0 bridgehead atoms. The zero-order valence-electron chi connectivity index (χ0n) is 14.3. The fraction of sp³-hybridized carbons (Fsp3) is 0.529. The molecule has 1 aromatic rings. The van der Waals surface area contributed by atoms with E-state index in [2.05, 4.69) is 5.32 Å². The highest BCUT2D eigenvalue weighted by Gasteiger charge is 2.31. The lowest BCUT2D eigenvalue weighted by Crippen LogP contribution is -2.56. The largest absolute Gasteiger partial charge is 0.395 e. The molecule has 1 heterocycles. The number of amides is 2. The number of aliphatic hydroxyl groups excluding tert-OH is 1. The summed E-state index contributed by atoms with van der Waals surface area (Å²) >= 11 is 0. The molecule has 0 radical (unpaired) electrons. The highest BCUT2D eigenvalue weighted by molar-refractivity contribution is 5.89. The molecule has 1 aromatic carbocycles. The third-order valence-corrected chi connectivity index (χ3v) is 4.18. The smallest absolute Gasteiger partial charge is 0.240 e. The number of piperazine rings is 1. The van der Waals surface area contributed by atoms with E-state index in [1.54, 1.807) is 23.1 Å². The van der Waals surface area contributed by atoms with E-state index < -0.39 is 6.04 Å². The SMILES string of the molecule is CCN(CCO)C(=O)CC1NCCN(Cc2ccccc2F)C1=O.Cl. The van der Waals surface area contributed by atoms with Crippen molar-refractivity contribution >= 4 is 24.2 Å². The van der Waals surface area contributed by atoms with Gasteiger partial charge in [-0.05, 0) is 13.0 Å². The quantitative estimate of drug-likeness (QED) is 0.740. The summed E-state index contributed by atoms with van der Waals surface area (Å²) in [5.74, 6) is -0.709. The van der Waals surface area contributed by atoms with Crippen molar-refractivity contribution in [3.05, 3.63) is 35.6 Å². The van der Waals surface area contributed by atoms with Crippen molar-refractivity contribution in [1.29, 1.82) is 0 Å². The molecule has 1 fully saturated rings. The maximum atomic E-state index is 13.8. The van der Waals surface area contributed by atoms with E-state index in [9.17, 15) is 14.0 Å². The Morgan fingerprint density at radius 3 is 2.80 bits per heavy atom. The van der Waals surface area contributed by atoms with Crippen molar-refractivity contribution in [3.63, 3.8) is 0 Å². The maximum Gasteiger partial charge on any atom is 0.240 e. The van der Waals surface area contributed by atoms with Crippen LogP contribution in [0.2, 0.25) is 0 Å². The van der Waals surface area contributed by atoms with Crippen LogP contribution < -0.4 is 5.32 Å². The zero-order valence-corrected chi connectivity index (χ0v) is 15.1. The van der Waals surface area contributed by atoms with Crippen molar-refractivity contribution < 1.29 is 19.1 Å². The highest BCUT2D eigenvalue weighted by Crippen LogP contribution is 2.14. The maximum absolute atomic E-state index is 13.8. The molecule has 1 atom stereocenters. The molecule has 0 aliphatic carbocycles. The van der Waals surface area contributed by atoms with Crippen LogP contribution >= 0.6 is 12.4 Å². The van der Waals surface area contributed by atoms with Crippen molar-refractivity contribution in [2.45, 2.75) is 25.9 Å². The van der Waals surface area contributed by atoms with E-state index >= 15 is 0 Å². The molecular formula is C17H25ClFN3O3. The van der Waals surface area contributed by atoms with Crippen molar-refractivity contribution in [2.75, 3.05) is 32.8 Å². The Bertz CT molecular complexity index is 588. The Balaban J connectivity index is 0.00000312. The minimum atomic E-state index is -0.606. The zero-order chi connectivity index (χ0) is 17.5. The first-order chi connectivity index (χ1) is 11.6. The Morgan fingerprint density at radius 2 is 2.16 bits per heavy atom. The number of nitrogens with zero attached hydrogens (tertiary/aromatic N) is 2. The average Bonchev–Trinajstić information content (AvgIpc) is 2.58. The van der Waals surface area contributed by atoms with Gasteiger partial charge < -0.3 is 20.2 Å². The van der Waals surface area contributed by atoms with Crippen LogP contribution in [-0.4, -0.2) is 65.5 Å². The third kappa shape index (κ3) is 5.66. The van der Waals surface area contributed by atoms with Crippen LogP contribution in [0.4, 0.5) is 4.39 Å². The number of hydrogen-bond acceptors (Lipinski definition) is 4. The van der Waals surface area contributed by atoms with Crippen LogP contribution in [0.15, 0.2) is 24.3 Å². The number of rotatable bonds is 7. The van der Waals surface area contributed by atoms with E-state index in [-0.39, 0.29) is 56.2 Å². The summed E-state index contributed by atoms with van der Waals surface area (Å²) in [6.45, 7) is 3.70. The molecule has 0 saturated carbocycles. The fourth-order valence-corrected chi connectivity index (χ4v) is 2.82. The lowest BCUT2D eigenvalue weighted by atomic mass is 10.1. The van der Waals surface area contributed by atoms with Crippen LogP contribution in [0.25, 0.3) is 0 Å². The number of halogens is 2. The monoisotopic (exact) mass is 373 g/mol. The first kappa shape index (κ1) is 21.3. The number of likely N-dealkylation sites (N-methyl/N-ethyl adjacent to an activating group) is 1. The van der Waals surface area contributed by atoms with Crippen molar-refractivity contribution in [3.8, 4) is 0 Å². The summed E-state index contributed by atoms with van der Waals surface area (Å²) in [4.78, 5) is 27.9. The molecule has 0 aromatic heterocycles. The molecule has 0 spiro atoms. The summed E-state index contributed by atoms with van der Waals surface area (Å²) in [5, 5.41) is 12.0. The van der Waals surface area contributed by atoms with Gasteiger partial charge in [0.2, 0.25) is 11.8 Å². The summed E-state index contributed by atoms with van der Waals surface area (Å²) in [5.41, 5.74) is 0.466. The molecule has 1 aliphatic heterocycles. The Hall–Kier alpha value is -1.70. The van der Waals surface area contributed by atoms with Crippen LogP contribution in [0, 0.1) is 5.82 Å². The molecule has 8 heteroatoms. The number of hydrogen-bond donors (Lipinski definition) is 2. The lowest BCUT2D eigenvalue weighted by molar-refractivity contribution is -0.141. The van der Waals surface area contributed by atoms with E-state index in [0.29, 0.717) is 25.2 Å². The lowest BCUT2D eigenvalue weighted by Gasteiger charge is -2.34. The minimum Gasteiger partial charge on any atom is -0.395 e. The van der Waals surface area contributed by atoms with Gasteiger partial charge in [0.25, 0.3) is 0 Å². The van der Waals surface area contributed by atoms with E-state index in [0.717, 1.165) is 0 Å². The van der Waals surface area contributed by atoms with Gasteiger partial charge in [0, 0.05) is 38.3 Å². The number of carbonyl (C=O) groups excluding carboxylic acids is 2. The third-order valence-electron chi connectivity index (χ3n) is 4.18. The Kier molecular flexibility index (Phi) is 8.82. The molecule has 2 N–H and O–H groups in total. The number of aliphatic hydroxyl groups is 1. The molecule has 140 valence electrons. The molecule has 1 aliphatic rings. The summed E-state index contributed by atoms with van der Waals surface area (Å²) in [7, 11) is 0. The molecule has 2 amide bonds. The molecule has 6 nitrogen and oxygen atoms in total. The van der Waals surface area contributed by atoms with E-state index in [1.165, 1.54) is 11.0 Å². The molecular weight excluding hydrogens is 349 g/mol. The number of carbonyl (C=O) groups is 2. The van der Waals surface area contributed by atoms with Crippen molar-refractivity contribution in [1.82, 2.24) is 15.1 Å². The van der Waals surface area contributed by atoms with Crippen molar-refractivity contribution in [2.24, 2.45) is 0 Å². The standard InChI is InChI=1S/C17H24FN3O3.ClH/c1-2-20(9-10-22)16(23)11-15-17(24)21(8-7-19-15)12-13-5-3-4-6-14(13)18;/h3-6,15,19,22H,2,7-12H2,1H3;1H.